The van der Waals surface area contributed by atoms with E-state index < -0.39 is 0 Å². The molecule has 94 valence electrons. The second-order valence-electron chi connectivity index (χ2n) is 3.47. The second-order valence-corrected chi connectivity index (χ2v) is 4.82. The average molecular weight is 282 g/mol. The molecule has 0 amide bonds. The molecular weight excluding hydrogens is 270 g/mol. The normalized spacial score (nSPS) is 10.4. The number of rotatable bonds is 4. The summed E-state index contributed by atoms with van der Waals surface area (Å²) in [5, 5.41) is 0.678. The Morgan fingerprint density at radius 1 is 1.22 bits per heavy atom. The maximum absolute atomic E-state index is 5.84. The standard InChI is InChI=1S/C12H12ClN3OS/c1-3-17-11-14-10(13)15-12(16-11)18-9-7-5-4-6-8(9)2/h4-7H,3H2,1-2H3. The Balaban J connectivity index is 2.26. The monoisotopic (exact) mass is 281 g/mol. The summed E-state index contributed by atoms with van der Waals surface area (Å²) in [4.78, 5) is 13.3. The van der Waals surface area contributed by atoms with Gasteiger partial charge in [0.15, 0.2) is 5.16 Å². The topological polar surface area (TPSA) is 47.9 Å². The van der Waals surface area contributed by atoms with E-state index in [-0.39, 0.29) is 11.3 Å². The number of aromatic nitrogens is 3. The van der Waals surface area contributed by atoms with Crippen molar-refractivity contribution in [2.75, 3.05) is 6.61 Å². The Morgan fingerprint density at radius 2 is 2.00 bits per heavy atom. The lowest BCUT2D eigenvalue weighted by Crippen LogP contribution is -2.00. The van der Waals surface area contributed by atoms with Crippen LogP contribution >= 0.6 is 23.4 Å². The Labute approximate surface area is 115 Å². The summed E-state index contributed by atoms with van der Waals surface area (Å²) >= 11 is 7.28. The van der Waals surface area contributed by atoms with E-state index in [0.717, 1.165) is 10.5 Å². The zero-order valence-corrected chi connectivity index (χ0v) is 11.6. The highest BCUT2D eigenvalue weighted by atomic mass is 35.5. The lowest BCUT2D eigenvalue weighted by atomic mass is 10.2. The minimum absolute atomic E-state index is 0.143. The van der Waals surface area contributed by atoms with Gasteiger partial charge in [0, 0.05) is 4.90 Å². The summed E-state index contributed by atoms with van der Waals surface area (Å²) in [7, 11) is 0. The molecule has 0 aliphatic rings. The molecule has 1 heterocycles. The van der Waals surface area contributed by atoms with Crippen LogP contribution in [0.25, 0.3) is 0 Å². The molecule has 0 atom stereocenters. The average Bonchev–Trinajstić information content (AvgIpc) is 2.32. The van der Waals surface area contributed by atoms with E-state index in [1.54, 1.807) is 0 Å². The van der Waals surface area contributed by atoms with Gasteiger partial charge in [0.25, 0.3) is 0 Å². The van der Waals surface area contributed by atoms with E-state index in [1.165, 1.54) is 11.8 Å². The van der Waals surface area contributed by atoms with Gasteiger partial charge >= 0.3 is 6.01 Å². The third-order valence-electron chi connectivity index (χ3n) is 2.14. The lowest BCUT2D eigenvalue weighted by Gasteiger charge is -2.05. The molecule has 0 unspecified atom stereocenters. The molecule has 6 heteroatoms. The Hall–Kier alpha value is -1.33. The molecule has 0 saturated carbocycles. The first-order chi connectivity index (χ1) is 8.69. The number of nitrogens with zero attached hydrogens (tertiary/aromatic N) is 3. The van der Waals surface area contributed by atoms with E-state index in [0.29, 0.717) is 11.8 Å². The van der Waals surface area contributed by atoms with Gasteiger partial charge in [-0.1, -0.05) is 18.2 Å². The molecule has 1 aromatic carbocycles. The quantitative estimate of drug-likeness (QED) is 0.860. The van der Waals surface area contributed by atoms with Crippen molar-refractivity contribution in [3.63, 3.8) is 0 Å². The SMILES string of the molecule is CCOc1nc(Cl)nc(Sc2ccccc2C)n1. The van der Waals surface area contributed by atoms with Crippen LogP contribution in [0.1, 0.15) is 12.5 Å². The van der Waals surface area contributed by atoms with Gasteiger partial charge in [0.05, 0.1) is 6.61 Å². The van der Waals surface area contributed by atoms with Crippen molar-refractivity contribution in [1.29, 1.82) is 0 Å². The predicted molar refractivity (Wildman–Crippen MR) is 71.3 cm³/mol. The summed E-state index contributed by atoms with van der Waals surface area (Å²) in [6.07, 6.45) is 0. The van der Waals surface area contributed by atoms with E-state index in [1.807, 2.05) is 38.1 Å². The summed E-state index contributed by atoms with van der Waals surface area (Å²) in [6, 6.07) is 8.27. The molecule has 0 spiro atoms. The van der Waals surface area contributed by atoms with Crippen LogP contribution in [-0.2, 0) is 0 Å². The minimum Gasteiger partial charge on any atom is -0.464 e. The van der Waals surface area contributed by atoms with Crippen molar-refractivity contribution in [2.45, 2.75) is 23.9 Å². The zero-order chi connectivity index (χ0) is 13.0. The first kappa shape index (κ1) is 13.1. The van der Waals surface area contributed by atoms with Gasteiger partial charge in [-0.05, 0) is 48.8 Å². The number of aryl methyl sites for hydroxylation is 1. The lowest BCUT2D eigenvalue weighted by molar-refractivity contribution is 0.307. The van der Waals surface area contributed by atoms with Crippen molar-refractivity contribution < 1.29 is 4.74 Å². The van der Waals surface area contributed by atoms with Gasteiger partial charge in [0.2, 0.25) is 5.28 Å². The van der Waals surface area contributed by atoms with Gasteiger partial charge in [-0.15, -0.1) is 0 Å². The molecule has 0 bridgehead atoms. The molecule has 0 fully saturated rings. The van der Waals surface area contributed by atoms with Crippen molar-refractivity contribution >= 4 is 23.4 Å². The van der Waals surface area contributed by atoms with Crippen LogP contribution in [0, 0.1) is 6.92 Å². The molecule has 18 heavy (non-hydrogen) atoms. The summed E-state index contributed by atoms with van der Waals surface area (Å²) in [6.45, 7) is 4.40. The van der Waals surface area contributed by atoms with Crippen molar-refractivity contribution in [3.05, 3.63) is 35.1 Å². The molecule has 0 N–H and O–H groups in total. The second kappa shape index (κ2) is 6.02. The van der Waals surface area contributed by atoms with Gasteiger partial charge < -0.3 is 4.74 Å². The molecule has 2 aromatic rings. The number of halogens is 1. The Kier molecular flexibility index (Phi) is 4.38. The first-order valence-corrected chi connectivity index (χ1v) is 6.66. The molecule has 1 aromatic heterocycles. The van der Waals surface area contributed by atoms with Crippen molar-refractivity contribution in [1.82, 2.24) is 15.0 Å². The fourth-order valence-electron chi connectivity index (χ4n) is 1.32. The van der Waals surface area contributed by atoms with Gasteiger partial charge in [-0.3, -0.25) is 0 Å². The number of ether oxygens (including phenoxy) is 1. The highest BCUT2D eigenvalue weighted by molar-refractivity contribution is 7.99. The van der Waals surface area contributed by atoms with Gasteiger partial charge in [-0.2, -0.15) is 15.0 Å². The molecule has 4 nitrogen and oxygen atoms in total. The maximum Gasteiger partial charge on any atom is 0.321 e. The van der Waals surface area contributed by atoms with Crippen LogP contribution in [0.15, 0.2) is 34.3 Å². The summed E-state index contributed by atoms with van der Waals surface area (Å²) in [5.41, 5.74) is 1.16. The van der Waals surface area contributed by atoms with Crippen LogP contribution in [0.3, 0.4) is 0 Å². The van der Waals surface area contributed by atoms with Crippen molar-refractivity contribution in [2.24, 2.45) is 0 Å². The summed E-state index contributed by atoms with van der Waals surface area (Å²) in [5.74, 6) is 0. The van der Waals surface area contributed by atoms with E-state index in [2.05, 4.69) is 15.0 Å². The zero-order valence-electron chi connectivity index (χ0n) is 10.1. The number of hydrogen-bond donors (Lipinski definition) is 0. The maximum atomic E-state index is 5.84. The van der Waals surface area contributed by atoms with E-state index in [4.69, 9.17) is 16.3 Å². The Bertz CT molecular complexity index is 551. The highest BCUT2D eigenvalue weighted by Crippen LogP contribution is 2.28. The fourth-order valence-corrected chi connectivity index (χ4v) is 2.35. The molecule has 0 aliphatic heterocycles. The molecular formula is C12H12ClN3OS. The van der Waals surface area contributed by atoms with Crippen LogP contribution in [0.4, 0.5) is 0 Å². The predicted octanol–water partition coefficient (Wildman–Crippen LogP) is 3.38. The van der Waals surface area contributed by atoms with Crippen molar-refractivity contribution in [3.8, 4) is 6.01 Å². The molecule has 0 radical (unpaired) electrons. The van der Waals surface area contributed by atoms with Crippen LogP contribution < -0.4 is 4.74 Å². The molecule has 2 rings (SSSR count). The van der Waals surface area contributed by atoms with E-state index >= 15 is 0 Å². The molecule has 0 saturated heterocycles. The highest BCUT2D eigenvalue weighted by Gasteiger charge is 2.08. The minimum atomic E-state index is 0.143. The smallest absolute Gasteiger partial charge is 0.321 e. The summed E-state index contributed by atoms with van der Waals surface area (Å²) < 4.78 is 5.24. The van der Waals surface area contributed by atoms with Crippen LogP contribution in [-0.4, -0.2) is 21.6 Å². The number of benzene rings is 1. The third kappa shape index (κ3) is 3.34. The third-order valence-corrected chi connectivity index (χ3v) is 3.35. The first-order valence-electron chi connectivity index (χ1n) is 5.47. The number of hydrogen-bond acceptors (Lipinski definition) is 5. The Morgan fingerprint density at radius 3 is 2.72 bits per heavy atom. The largest absolute Gasteiger partial charge is 0.464 e. The van der Waals surface area contributed by atoms with Gasteiger partial charge in [0.1, 0.15) is 0 Å². The van der Waals surface area contributed by atoms with E-state index in [9.17, 15) is 0 Å². The van der Waals surface area contributed by atoms with Crippen LogP contribution in [0.5, 0.6) is 6.01 Å². The van der Waals surface area contributed by atoms with Gasteiger partial charge in [-0.25, -0.2) is 0 Å². The van der Waals surface area contributed by atoms with Crippen LogP contribution in [0.2, 0.25) is 5.28 Å². The molecule has 0 aliphatic carbocycles. The fraction of sp³-hybridized carbons (Fsp3) is 0.250.